The third kappa shape index (κ3) is 3.01. The molecule has 2 heterocycles. The number of hydrogen-bond donors (Lipinski definition) is 1. The number of aliphatic hydroxyl groups excluding tert-OH is 1. The highest BCUT2D eigenvalue weighted by molar-refractivity contribution is 7.99. The number of fused-ring (bicyclic) bond motifs is 1. The molecule has 0 amide bonds. The van der Waals surface area contributed by atoms with Crippen molar-refractivity contribution in [2.45, 2.75) is 31.8 Å². The van der Waals surface area contributed by atoms with E-state index in [0.717, 1.165) is 17.6 Å². The molecule has 3 nitrogen and oxygen atoms in total. The molecule has 0 saturated carbocycles. The van der Waals surface area contributed by atoms with Gasteiger partial charge in [-0.3, -0.25) is 4.68 Å². The van der Waals surface area contributed by atoms with Crippen molar-refractivity contribution in [2.75, 3.05) is 11.5 Å². The van der Waals surface area contributed by atoms with E-state index in [2.05, 4.69) is 17.2 Å². The fourth-order valence-corrected chi connectivity index (χ4v) is 4.32. The van der Waals surface area contributed by atoms with Crippen molar-refractivity contribution in [1.82, 2.24) is 9.78 Å². The van der Waals surface area contributed by atoms with E-state index in [-0.39, 0.29) is 6.10 Å². The Balaban J connectivity index is 1.69. The standard InChI is InChI=1S/C16H22N2OS/c1-18-16-5-3-2-4-14(16)15(17-18)11-13(19)10-12-6-8-20-9-7-12/h2-5,12-13,19H,6-11H2,1H3. The van der Waals surface area contributed by atoms with Crippen LogP contribution in [0.5, 0.6) is 0 Å². The fraction of sp³-hybridized carbons (Fsp3) is 0.562. The van der Waals surface area contributed by atoms with Crippen molar-refractivity contribution in [3.8, 4) is 0 Å². The van der Waals surface area contributed by atoms with E-state index in [1.54, 1.807) is 0 Å². The molecule has 1 N–H and O–H groups in total. The van der Waals surface area contributed by atoms with Gasteiger partial charge in [-0.1, -0.05) is 18.2 Å². The minimum absolute atomic E-state index is 0.263. The van der Waals surface area contributed by atoms with Crippen LogP contribution in [0.25, 0.3) is 10.9 Å². The average Bonchev–Trinajstić information content (AvgIpc) is 2.77. The zero-order valence-corrected chi connectivity index (χ0v) is 12.8. The number of rotatable bonds is 4. The highest BCUT2D eigenvalue weighted by atomic mass is 32.2. The Morgan fingerprint density at radius 1 is 1.35 bits per heavy atom. The van der Waals surface area contributed by atoms with Gasteiger partial charge in [-0.15, -0.1) is 0 Å². The Labute approximate surface area is 124 Å². The Morgan fingerprint density at radius 3 is 2.90 bits per heavy atom. The molecule has 1 atom stereocenters. The molecular formula is C16H22N2OS. The molecule has 1 aromatic carbocycles. The molecule has 0 bridgehead atoms. The molecule has 0 aliphatic carbocycles. The summed E-state index contributed by atoms with van der Waals surface area (Å²) in [6.07, 6.45) is 3.84. The van der Waals surface area contributed by atoms with E-state index >= 15 is 0 Å². The molecule has 0 radical (unpaired) electrons. The lowest BCUT2D eigenvalue weighted by molar-refractivity contribution is 0.138. The predicted octanol–water partition coefficient (Wildman–Crippen LogP) is 3.01. The minimum atomic E-state index is -0.263. The summed E-state index contributed by atoms with van der Waals surface area (Å²) in [5.74, 6) is 3.20. The summed E-state index contributed by atoms with van der Waals surface area (Å²) in [6, 6.07) is 8.25. The van der Waals surface area contributed by atoms with Crippen LogP contribution in [0.2, 0.25) is 0 Å². The monoisotopic (exact) mass is 290 g/mol. The number of para-hydroxylation sites is 1. The molecule has 1 fully saturated rings. The zero-order valence-electron chi connectivity index (χ0n) is 12.0. The van der Waals surface area contributed by atoms with Crippen LogP contribution in [0.1, 0.15) is 25.0 Å². The van der Waals surface area contributed by atoms with Gasteiger partial charge in [-0.25, -0.2) is 0 Å². The quantitative estimate of drug-likeness (QED) is 0.940. The summed E-state index contributed by atoms with van der Waals surface area (Å²) in [6.45, 7) is 0. The Hall–Kier alpha value is -1.00. The third-order valence-corrected chi connectivity index (χ3v) is 5.26. The van der Waals surface area contributed by atoms with Crippen LogP contribution in [0.15, 0.2) is 24.3 Å². The molecule has 1 aliphatic heterocycles. The van der Waals surface area contributed by atoms with Gasteiger partial charge in [0.2, 0.25) is 0 Å². The molecule has 1 saturated heterocycles. The highest BCUT2D eigenvalue weighted by Crippen LogP contribution is 2.27. The second-order valence-corrected chi connectivity index (χ2v) is 6.96. The zero-order chi connectivity index (χ0) is 13.9. The van der Waals surface area contributed by atoms with Crippen LogP contribution in [0.3, 0.4) is 0 Å². The van der Waals surface area contributed by atoms with Crippen LogP contribution >= 0.6 is 11.8 Å². The van der Waals surface area contributed by atoms with Gasteiger partial charge in [-0.05, 0) is 42.8 Å². The average molecular weight is 290 g/mol. The SMILES string of the molecule is Cn1nc(CC(O)CC2CCSCC2)c2ccccc21. The second kappa shape index (κ2) is 6.19. The smallest absolute Gasteiger partial charge is 0.0728 e. The number of benzene rings is 1. The molecule has 1 aromatic heterocycles. The molecule has 4 heteroatoms. The maximum Gasteiger partial charge on any atom is 0.0728 e. The van der Waals surface area contributed by atoms with Gasteiger partial charge >= 0.3 is 0 Å². The van der Waals surface area contributed by atoms with Crippen molar-refractivity contribution >= 4 is 22.7 Å². The largest absolute Gasteiger partial charge is 0.393 e. The first kappa shape index (κ1) is 14.0. The van der Waals surface area contributed by atoms with E-state index in [1.165, 1.54) is 29.7 Å². The van der Waals surface area contributed by atoms with Gasteiger partial charge in [-0.2, -0.15) is 16.9 Å². The number of aryl methyl sites for hydroxylation is 1. The first-order valence-corrected chi connectivity index (χ1v) is 8.56. The lowest BCUT2D eigenvalue weighted by Gasteiger charge is -2.23. The van der Waals surface area contributed by atoms with Crippen molar-refractivity contribution in [1.29, 1.82) is 0 Å². The van der Waals surface area contributed by atoms with Crippen molar-refractivity contribution < 1.29 is 5.11 Å². The number of hydrogen-bond acceptors (Lipinski definition) is 3. The van der Waals surface area contributed by atoms with Gasteiger partial charge in [0.05, 0.1) is 17.3 Å². The van der Waals surface area contributed by atoms with Crippen LogP contribution in [-0.2, 0) is 13.5 Å². The summed E-state index contributed by atoms with van der Waals surface area (Å²) in [4.78, 5) is 0. The summed E-state index contributed by atoms with van der Waals surface area (Å²) in [5.41, 5.74) is 2.17. The third-order valence-electron chi connectivity index (χ3n) is 4.21. The summed E-state index contributed by atoms with van der Waals surface area (Å²) in [5, 5.41) is 16.1. The number of nitrogens with zero attached hydrogens (tertiary/aromatic N) is 2. The van der Waals surface area contributed by atoms with E-state index in [0.29, 0.717) is 12.3 Å². The molecule has 1 aliphatic rings. The molecule has 108 valence electrons. The van der Waals surface area contributed by atoms with Crippen LogP contribution in [0, 0.1) is 5.92 Å². The van der Waals surface area contributed by atoms with Crippen LogP contribution < -0.4 is 0 Å². The van der Waals surface area contributed by atoms with Crippen molar-refractivity contribution in [2.24, 2.45) is 13.0 Å². The summed E-state index contributed by atoms with van der Waals surface area (Å²) in [7, 11) is 1.97. The van der Waals surface area contributed by atoms with E-state index in [4.69, 9.17) is 0 Å². The van der Waals surface area contributed by atoms with Gasteiger partial charge < -0.3 is 5.11 Å². The highest BCUT2D eigenvalue weighted by Gasteiger charge is 2.19. The number of aromatic nitrogens is 2. The minimum Gasteiger partial charge on any atom is -0.393 e. The van der Waals surface area contributed by atoms with Crippen molar-refractivity contribution in [3.05, 3.63) is 30.0 Å². The first-order valence-electron chi connectivity index (χ1n) is 7.40. The maximum atomic E-state index is 10.4. The number of thioether (sulfide) groups is 1. The predicted molar refractivity (Wildman–Crippen MR) is 85.1 cm³/mol. The molecule has 1 unspecified atom stereocenters. The Bertz CT molecular complexity index is 575. The molecule has 2 aromatic rings. The van der Waals surface area contributed by atoms with E-state index < -0.39 is 0 Å². The normalized spacial score (nSPS) is 18.5. The van der Waals surface area contributed by atoms with E-state index in [9.17, 15) is 5.11 Å². The van der Waals surface area contributed by atoms with Crippen LogP contribution in [0.4, 0.5) is 0 Å². The summed E-state index contributed by atoms with van der Waals surface area (Å²) < 4.78 is 1.91. The lowest BCUT2D eigenvalue weighted by Crippen LogP contribution is -2.20. The fourth-order valence-electron chi connectivity index (χ4n) is 3.11. The van der Waals surface area contributed by atoms with E-state index in [1.807, 2.05) is 35.6 Å². The Morgan fingerprint density at radius 2 is 2.10 bits per heavy atom. The van der Waals surface area contributed by atoms with Gasteiger partial charge in [0.25, 0.3) is 0 Å². The molecule has 20 heavy (non-hydrogen) atoms. The van der Waals surface area contributed by atoms with Crippen molar-refractivity contribution in [3.63, 3.8) is 0 Å². The van der Waals surface area contributed by atoms with Crippen LogP contribution in [-0.4, -0.2) is 32.5 Å². The maximum absolute atomic E-state index is 10.4. The second-order valence-electron chi connectivity index (χ2n) is 5.74. The first-order chi connectivity index (χ1) is 9.74. The topological polar surface area (TPSA) is 38.0 Å². The van der Waals surface area contributed by atoms with Gasteiger partial charge in [0.1, 0.15) is 0 Å². The van der Waals surface area contributed by atoms with Gasteiger partial charge in [0, 0.05) is 18.9 Å². The molecular weight excluding hydrogens is 268 g/mol. The Kier molecular flexibility index (Phi) is 4.32. The number of aliphatic hydroxyl groups is 1. The lowest BCUT2D eigenvalue weighted by atomic mass is 9.93. The van der Waals surface area contributed by atoms with Gasteiger partial charge in [0.15, 0.2) is 0 Å². The molecule has 0 spiro atoms. The summed E-state index contributed by atoms with van der Waals surface area (Å²) >= 11 is 2.04. The molecule has 3 rings (SSSR count).